The molecular formula is C25H18F4N4O2S. The van der Waals surface area contributed by atoms with Gasteiger partial charge < -0.3 is 9.74 Å². The second-order valence-electron chi connectivity index (χ2n) is 8.47. The molecule has 1 aliphatic heterocycles. The van der Waals surface area contributed by atoms with Crippen LogP contribution in [0.4, 0.5) is 28.9 Å². The van der Waals surface area contributed by atoms with Gasteiger partial charge in [0.15, 0.2) is 5.11 Å². The van der Waals surface area contributed by atoms with Crippen molar-refractivity contribution in [3.63, 3.8) is 0 Å². The van der Waals surface area contributed by atoms with Gasteiger partial charge in [-0.1, -0.05) is 18.2 Å². The minimum atomic E-state index is -4.82. The summed E-state index contributed by atoms with van der Waals surface area (Å²) < 4.78 is 55.9. The van der Waals surface area contributed by atoms with Gasteiger partial charge in [0.1, 0.15) is 17.1 Å². The Balaban J connectivity index is 1.74. The minimum Gasteiger partial charge on any atom is -0.412 e. The van der Waals surface area contributed by atoms with Crippen molar-refractivity contribution >= 4 is 34.6 Å². The van der Waals surface area contributed by atoms with E-state index >= 15 is 4.39 Å². The molecule has 3 aromatic carbocycles. The van der Waals surface area contributed by atoms with Crippen LogP contribution in [-0.4, -0.2) is 16.6 Å². The molecule has 0 aliphatic carbocycles. The smallest absolute Gasteiger partial charge is 0.412 e. The molecule has 0 bridgehead atoms. The number of nitriles is 1. The first-order valence-electron chi connectivity index (χ1n) is 10.5. The van der Waals surface area contributed by atoms with E-state index < -0.39 is 34.6 Å². The van der Waals surface area contributed by atoms with E-state index in [9.17, 15) is 18.0 Å². The number of thiocarbonyl (C=S) groups is 1. The van der Waals surface area contributed by atoms with Crippen LogP contribution in [0.25, 0.3) is 11.1 Å². The maximum absolute atomic E-state index is 15.4. The normalized spacial score (nSPS) is 15.3. The number of anilines is 2. The molecule has 1 fully saturated rings. The highest BCUT2D eigenvalue weighted by Crippen LogP contribution is 2.41. The Kier molecular flexibility index (Phi) is 6.20. The van der Waals surface area contributed by atoms with Crippen LogP contribution in [0.1, 0.15) is 25.0 Å². The summed E-state index contributed by atoms with van der Waals surface area (Å²) in [5, 5.41) is 8.86. The molecule has 0 radical (unpaired) electrons. The van der Waals surface area contributed by atoms with Gasteiger partial charge in [-0.05, 0) is 79.7 Å². The lowest BCUT2D eigenvalue weighted by Gasteiger charge is -2.30. The molecule has 11 heteroatoms. The van der Waals surface area contributed by atoms with Gasteiger partial charge in [-0.25, -0.2) is 4.39 Å². The van der Waals surface area contributed by atoms with E-state index in [-0.39, 0.29) is 16.5 Å². The highest BCUT2D eigenvalue weighted by atomic mass is 32.1. The molecule has 0 unspecified atom stereocenters. The Labute approximate surface area is 209 Å². The van der Waals surface area contributed by atoms with Gasteiger partial charge in [0.05, 0.1) is 28.6 Å². The van der Waals surface area contributed by atoms with Gasteiger partial charge >= 0.3 is 6.18 Å². The summed E-state index contributed by atoms with van der Waals surface area (Å²) in [6.07, 6.45) is -4.82. The lowest BCUT2D eigenvalue weighted by atomic mass is 10.0. The van der Waals surface area contributed by atoms with E-state index in [0.29, 0.717) is 22.9 Å². The highest BCUT2D eigenvalue weighted by Gasteiger charge is 2.51. The number of amides is 1. The van der Waals surface area contributed by atoms with Crippen molar-refractivity contribution in [2.45, 2.75) is 25.6 Å². The number of benzene rings is 3. The molecule has 4 rings (SSSR count). The third kappa shape index (κ3) is 4.14. The molecule has 0 atom stereocenters. The molecule has 3 aromatic rings. The van der Waals surface area contributed by atoms with Crippen LogP contribution in [0.5, 0.6) is 5.75 Å². The molecule has 2 N–H and O–H groups in total. The van der Waals surface area contributed by atoms with Gasteiger partial charge in [0.25, 0.3) is 5.91 Å². The SMILES string of the molecule is CC1(C)C(=O)N(c2ccc(C#N)c(C(F)(F)F)c2)C(=S)N1c1ccc(-c2ccc(ON)cc2)cc1F. The molecule has 1 heterocycles. The maximum atomic E-state index is 15.4. The number of hydrogen-bond acceptors (Lipinski definition) is 5. The van der Waals surface area contributed by atoms with Crippen molar-refractivity contribution in [3.8, 4) is 22.9 Å². The summed E-state index contributed by atoms with van der Waals surface area (Å²) in [4.78, 5) is 20.1. The van der Waals surface area contributed by atoms with E-state index in [4.69, 9.17) is 23.4 Å². The Bertz CT molecular complexity index is 1420. The fraction of sp³-hybridized carbons (Fsp3) is 0.160. The number of rotatable bonds is 4. The van der Waals surface area contributed by atoms with Crippen LogP contribution in [0.2, 0.25) is 0 Å². The van der Waals surface area contributed by atoms with E-state index in [1.165, 1.54) is 43.0 Å². The number of carbonyl (C=O) groups is 1. The summed E-state index contributed by atoms with van der Waals surface area (Å²) in [7, 11) is 0. The molecule has 1 aliphatic rings. The van der Waals surface area contributed by atoms with Crippen molar-refractivity contribution in [1.82, 2.24) is 0 Å². The first-order chi connectivity index (χ1) is 16.9. The molecule has 0 saturated carbocycles. The van der Waals surface area contributed by atoms with Crippen molar-refractivity contribution in [1.29, 1.82) is 5.26 Å². The van der Waals surface area contributed by atoms with Crippen LogP contribution in [-0.2, 0) is 11.0 Å². The van der Waals surface area contributed by atoms with Crippen molar-refractivity contribution in [2.75, 3.05) is 9.80 Å². The molecular weight excluding hydrogens is 496 g/mol. The number of nitrogens with zero attached hydrogens (tertiary/aromatic N) is 3. The topological polar surface area (TPSA) is 82.6 Å². The van der Waals surface area contributed by atoms with Crippen LogP contribution in [0.3, 0.4) is 0 Å². The van der Waals surface area contributed by atoms with Gasteiger partial charge in [-0.2, -0.15) is 24.3 Å². The Morgan fingerprint density at radius 2 is 1.67 bits per heavy atom. The largest absolute Gasteiger partial charge is 0.417 e. The molecule has 184 valence electrons. The number of hydrogen-bond donors (Lipinski definition) is 1. The third-order valence-corrected chi connectivity index (χ3v) is 6.23. The maximum Gasteiger partial charge on any atom is 0.417 e. The van der Waals surface area contributed by atoms with Crippen molar-refractivity contribution in [2.24, 2.45) is 5.90 Å². The lowest BCUT2D eigenvalue weighted by Crippen LogP contribution is -2.44. The van der Waals surface area contributed by atoms with Gasteiger partial charge in [-0.15, -0.1) is 0 Å². The molecule has 1 amide bonds. The second kappa shape index (κ2) is 8.89. The second-order valence-corrected chi connectivity index (χ2v) is 8.83. The predicted octanol–water partition coefficient (Wildman–Crippen LogP) is 5.55. The number of halogens is 4. The molecule has 6 nitrogen and oxygen atoms in total. The van der Waals surface area contributed by atoms with E-state index in [1.54, 1.807) is 30.3 Å². The average Bonchev–Trinajstić information content (AvgIpc) is 3.01. The fourth-order valence-electron chi connectivity index (χ4n) is 4.02. The summed E-state index contributed by atoms with van der Waals surface area (Å²) in [5.74, 6) is 4.21. The fourth-order valence-corrected chi connectivity index (χ4v) is 4.54. The number of alkyl halides is 3. The zero-order valence-corrected chi connectivity index (χ0v) is 19.7. The summed E-state index contributed by atoms with van der Waals surface area (Å²) >= 11 is 5.46. The summed E-state index contributed by atoms with van der Waals surface area (Å²) in [6.45, 7) is 2.99. The number of nitrogens with two attached hydrogens (primary N) is 1. The van der Waals surface area contributed by atoms with E-state index in [0.717, 1.165) is 11.0 Å². The molecule has 0 spiro atoms. The van der Waals surface area contributed by atoms with Crippen LogP contribution in [0.15, 0.2) is 60.7 Å². The highest BCUT2D eigenvalue weighted by molar-refractivity contribution is 7.81. The van der Waals surface area contributed by atoms with E-state index in [1.807, 2.05) is 0 Å². The van der Waals surface area contributed by atoms with Gasteiger partial charge in [0.2, 0.25) is 0 Å². The van der Waals surface area contributed by atoms with Crippen LogP contribution >= 0.6 is 12.2 Å². The van der Waals surface area contributed by atoms with E-state index in [2.05, 4.69) is 4.84 Å². The quantitative estimate of drug-likeness (QED) is 0.279. The monoisotopic (exact) mass is 514 g/mol. The lowest BCUT2D eigenvalue weighted by molar-refractivity contribution is -0.137. The van der Waals surface area contributed by atoms with Crippen LogP contribution < -0.4 is 20.5 Å². The molecule has 0 aromatic heterocycles. The molecule has 1 saturated heterocycles. The zero-order valence-electron chi connectivity index (χ0n) is 18.9. The first-order valence-corrected chi connectivity index (χ1v) is 10.9. The summed E-state index contributed by atoms with van der Waals surface area (Å²) in [5.41, 5.74) is -2.18. The van der Waals surface area contributed by atoms with Crippen LogP contribution in [0, 0.1) is 17.1 Å². The van der Waals surface area contributed by atoms with Crippen molar-refractivity contribution < 1.29 is 27.2 Å². The van der Waals surface area contributed by atoms with Crippen molar-refractivity contribution in [3.05, 3.63) is 77.6 Å². The Morgan fingerprint density at radius 1 is 1.03 bits per heavy atom. The number of carbonyl (C=O) groups excluding carboxylic acids is 1. The standard InChI is InChI=1S/C25H18F4N4O2S/c1-24(2)22(34)32(17-7-3-16(13-30)19(12-17)25(27,28)29)23(36)33(24)21-10-6-15(11-20(21)26)14-4-8-18(35-31)9-5-14/h3-12H,31H2,1-2H3. The average molecular weight is 515 g/mol. The third-order valence-electron chi connectivity index (χ3n) is 5.87. The predicted molar refractivity (Wildman–Crippen MR) is 129 cm³/mol. The zero-order chi connectivity index (χ0) is 26.4. The van der Waals surface area contributed by atoms with Gasteiger partial charge in [-0.3, -0.25) is 9.69 Å². The molecule has 36 heavy (non-hydrogen) atoms. The Morgan fingerprint density at radius 3 is 2.22 bits per heavy atom. The Hall–Kier alpha value is -4.01. The first kappa shape index (κ1) is 25.1. The minimum absolute atomic E-state index is 0.0174. The van der Waals surface area contributed by atoms with Gasteiger partial charge in [0, 0.05) is 0 Å². The summed E-state index contributed by atoms with van der Waals surface area (Å²) in [6, 6.07) is 15.3.